The van der Waals surface area contributed by atoms with E-state index in [0.717, 1.165) is 11.0 Å². The Labute approximate surface area is 138 Å². The molecule has 2 aromatic heterocycles. The van der Waals surface area contributed by atoms with Crippen LogP contribution < -0.4 is 9.18 Å². The molecule has 5 rings (SSSR count). The number of aromatic nitrogens is 2. The van der Waals surface area contributed by atoms with Crippen molar-refractivity contribution in [3.63, 3.8) is 0 Å². The number of fused-ring (bicyclic) bond motifs is 4. The van der Waals surface area contributed by atoms with E-state index >= 15 is 0 Å². The van der Waals surface area contributed by atoms with E-state index in [0.29, 0.717) is 0 Å². The maximum absolute atomic E-state index is 4.86. The van der Waals surface area contributed by atoms with Gasteiger partial charge in [-0.15, -0.1) is 0 Å². The van der Waals surface area contributed by atoms with Gasteiger partial charge in [0.15, 0.2) is 0 Å². The predicted molar refractivity (Wildman–Crippen MR) is 92.6 cm³/mol. The number of pyridine rings is 2. The standard InChI is InChI=1S/C18H10N2SSe/c1-3-7-13-11(5-1)9-15-17(19-13)22-18-16(21-15)10-12-6-2-4-8-14(12)20-18/h1-10H. The van der Waals surface area contributed by atoms with E-state index in [1.54, 1.807) is 11.8 Å². The van der Waals surface area contributed by atoms with Crippen LogP contribution in [0.5, 0.6) is 0 Å². The molecule has 0 fully saturated rings. The summed E-state index contributed by atoms with van der Waals surface area (Å²) in [6.45, 7) is 0. The quantitative estimate of drug-likeness (QED) is 0.395. The fraction of sp³-hybridized carbons (Fsp3) is 0. The monoisotopic (exact) mass is 366 g/mol. The molecule has 0 radical (unpaired) electrons. The number of para-hydroxylation sites is 2. The summed E-state index contributed by atoms with van der Waals surface area (Å²) in [4.78, 5) is 12.3. The van der Waals surface area contributed by atoms with Gasteiger partial charge in [0, 0.05) is 0 Å². The van der Waals surface area contributed by atoms with E-state index in [1.165, 1.54) is 29.7 Å². The zero-order chi connectivity index (χ0) is 14.5. The molecule has 22 heavy (non-hydrogen) atoms. The van der Waals surface area contributed by atoms with Crippen molar-refractivity contribution in [3.05, 3.63) is 60.7 Å². The Balaban J connectivity index is 1.71. The van der Waals surface area contributed by atoms with Gasteiger partial charge >= 0.3 is 138 Å². The average molecular weight is 365 g/mol. The van der Waals surface area contributed by atoms with E-state index in [2.05, 4.69) is 48.5 Å². The molecule has 0 bridgehead atoms. The van der Waals surface area contributed by atoms with Crippen molar-refractivity contribution in [2.75, 3.05) is 0 Å². The van der Waals surface area contributed by atoms with E-state index < -0.39 is 0 Å². The summed E-state index contributed by atoms with van der Waals surface area (Å²) in [7, 11) is 0. The van der Waals surface area contributed by atoms with Crippen LogP contribution in [0.1, 0.15) is 0 Å². The number of hydrogen-bond donors (Lipinski definition) is 0. The Morgan fingerprint density at radius 1 is 0.682 bits per heavy atom. The average Bonchev–Trinajstić information content (AvgIpc) is 2.56. The molecule has 0 spiro atoms. The summed E-state index contributed by atoms with van der Waals surface area (Å²) in [5.41, 5.74) is 2.15. The topological polar surface area (TPSA) is 25.8 Å². The minimum absolute atomic E-state index is 0.171. The number of rotatable bonds is 0. The Morgan fingerprint density at radius 2 is 1.18 bits per heavy atom. The predicted octanol–water partition coefficient (Wildman–Crippen LogP) is 2.90. The molecule has 2 aromatic carbocycles. The van der Waals surface area contributed by atoms with Gasteiger partial charge in [-0.05, 0) is 0 Å². The Bertz CT molecular complexity index is 879. The molecule has 4 aromatic rings. The SMILES string of the molecule is c1ccc2nc3c(cc2c1)Sc1cc2ccccc2nc1[Se]3. The zero-order valence-corrected chi connectivity index (χ0v) is 14.0. The van der Waals surface area contributed by atoms with Crippen LogP contribution >= 0.6 is 11.8 Å². The molecule has 0 N–H and O–H groups in total. The van der Waals surface area contributed by atoms with Gasteiger partial charge in [-0.25, -0.2) is 0 Å². The molecule has 3 heterocycles. The van der Waals surface area contributed by atoms with Crippen LogP contribution in [0.4, 0.5) is 0 Å². The first-order valence-electron chi connectivity index (χ1n) is 7.02. The summed E-state index contributed by atoms with van der Waals surface area (Å²) in [6, 6.07) is 21.2. The second-order valence-corrected chi connectivity index (χ2v) is 8.31. The van der Waals surface area contributed by atoms with Gasteiger partial charge in [-0.2, -0.15) is 0 Å². The normalized spacial score (nSPS) is 13.1. The fourth-order valence-electron chi connectivity index (χ4n) is 2.66. The molecule has 104 valence electrons. The first-order chi connectivity index (χ1) is 10.9. The molecule has 0 amide bonds. The third kappa shape index (κ3) is 1.96. The summed E-state index contributed by atoms with van der Waals surface area (Å²) < 4.78 is 2.40. The molecule has 1 aliphatic heterocycles. The molecule has 4 heteroatoms. The van der Waals surface area contributed by atoms with Crippen molar-refractivity contribution in [3.8, 4) is 0 Å². The summed E-state index contributed by atoms with van der Waals surface area (Å²) in [6.07, 6.45) is 0. The van der Waals surface area contributed by atoms with Crippen LogP contribution in [0.25, 0.3) is 21.8 Å². The van der Waals surface area contributed by atoms with Crippen LogP contribution in [-0.4, -0.2) is 24.9 Å². The summed E-state index contributed by atoms with van der Waals surface area (Å²) in [5.74, 6) is 0. The van der Waals surface area contributed by atoms with Crippen LogP contribution in [-0.2, 0) is 0 Å². The van der Waals surface area contributed by atoms with E-state index in [9.17, 15) is 0 Å². The van der Waals surface area contributed by atoms with Crippen molar-refractivity contribution < 1.29 is 0 Å². The van der Waals surface area contributed by atoms with Crippen LogP contribution in [0.15, 0.2) is 70.5 Å². The molecule has 2 nitrogen and oxygen atoms in total. The maximum atomic E-state index is 4.86. The number of nitrogens with zero attached hydrogens (tertiary/aromatic N) is 2. The van der Waals surface area contributed by atoms with Crippen LogP contribution in [0, 0.1) is 0 Å². The Hall–Kier alpha value is -1.87. The van der Waals surface area contributed by atoms with Crippen molar-refractivity contribution >= 4 is 57.7 Å². The van der Waals surface area contributed by atoms with Gasteiger partial charge < -0.3 is 0 Å². The van der Waals surface area contributed by atoms with Gasteiger partial charge in [-0.1, -0.05) is 0 Å². The van der Waals surface area contributed by atoms with Crippen molar-refractivity contribution in [2.45, 2.75) is 9.79 Å². The third-order valence-electron chi connectivity index (χ3n) is 3.73. The molecule has 0 unspecified atom stereocenters. The van der Waals surface area contributed by atoms with E-state index in [4.69, 9.17) is 9.97 Å². The van der Waals surface area contributed by atoms with Gasteiger partial charge in [0.2, 0.25) is 0 Å². The molecule has 0 saturated heterocycles. The second-order valence-electron chi connectivity index (χ2n) is 5.17. The number of benzene rings is 2. The first kappa shape index (κ1) is 12.7. The molecular formula is C18H10N2SSe. The zero-order valence-electron chi connectivity index (χ0n) is 11.5. The van der Waals surface area contributed by atoms with Gasteiger partial charge in [0.05, 0.1) is 0 Å². The summed E-state index contributed by atoms with van der Waals surface area (Å²) >= 11 is 1.97. The first-order valence-corrected chi connectivity index (χ1v) is 9.55. The van der Waals surface area contributed by atoms with E-state index in [1.807, 2.05) is 12.1 Å². The van der Waals surface area contributed by atoms with E-state index in [-0.39, 0.29) is 15.0 Å². The fourth-order valence-corrected chi connectivity index (χ4v) is 6.15. The molecule has 0 atom stereocenters. The number of hydrogen-bond acceptors (Lipinski definition) is 3. The molecule has 0 aliphatic carbocycles. The Kier molecular flexibility index (Phi) is 2.77. The molecule has 1 aliphatic rings. The van der Waals surface area contributed by atoms with Gasteiger partial charge in [-0.3, -0.25) is 0 Å². The molecule has 0 saturated carbocycles. The van der Waals surface area contributed by atoms with Crippen molar-refractivity contribution in [1.82, 2.24) is 9.97 Å². The van der Waals surface area contributed by atoms with Gasteiger partial charge in [0.25, 0.3) is 0 Å². The van der Waals surface area contributed by atoms with Crippen molar-refractivity contribution in [2.24, 2.45) is 0 Å². The summed E-state index contributed by atoms with van der Waals surface area (Å²) in [5, 5.41) is 2.42. The van der Waals surface area contributed by atoms with Crippen LogP contribution in [0.3, 0.4) is 0 Å². The minimum atomic E-state index is 0.171. The van der Waals surface area contributed by atoms with Crippen LogP contribution in [0.2, 0.25) is 0 Å². The van der Waals surface area contributed by atoms with Gasteiger partial charge in [0.1, 0.15) is 0 Å². The second kappa shape index (κ2) is 4.82. The van der Waals surface area contributed by atoms with Crippen molar-refractivity contribution in [1.29, 1.82) is 0 Å². The Morgan fingerprint density at radius 3 is 1.73 bits per heavy atom. The molecular weight excluding hydrogens is 355 g/mol. The third-order valence-corrected chi connectivity index (χ3v) is 7.49.